The molecule has 0 bridgehead atoms. The van der Waals surface area contributed by atoms with Crippen molar-refractivity contribution in [3.63, 3.8) is 0 Å². The van der Waals surface area contributed by atoms with Crippen molar-refractivity contribution in [3.05, 3.63) is 0 Å². The van der Waals surface area contributed by atoms with Gasteiger partial charge in [-0.2, -0.15) is 0 Å². The Kier molecular flexibility index (Phi) is 1.24. The predicted molar refractivity (Wildman–Crippen MR) is 35.0 cm³/mol. The zero-order chi connectivity index (χ0) is 6.27. The van der Waals surface area contributed by atoms with Crippen LogP contribution in [0.25, 0.3) is 0 Å². The number of fused-ring (bicyclic) bond motifs is 1. The van der Waals surface area contributed by atoms with E-state index in [9.17, 15) is 0 Å². The Balaban J connectivity index is 1.91. The number of ether oxygens (including phenoxy) is 1. The maximum atomic E-state index is 5.54. The van der Waals surface area contributed by atoms with Crippen molar-refractivity contribution < 1.29 is 4.74 Å². The van der Waals surface area contributed by atoms with E-state index in [2.05, 4.69) is 0 Å². The van der Waals surface area contributed by atoms with Crippen molar-refractivity contribution in [2.75, 3.05) is 19.8 Å². The molecule has 2 heteroatoms. The molecule has 1 heterocycles. The molecule has 1 saturated carbocycles. The smallest absolute Gasteiger partial charge is 0.0500 e. The van der Waals surface area contributed by atoms with Gasteiger partial charge in [-0.25, -0.2) is 0 Å². The van der Waals surface area contributed by atoms with Gasteiger partial charge in [-0.3, -0.25) is 0 Å². The lowest BCUT2D eigenvalue weighted by atomic mass is 10.2. The fourth-order valence-corrected chi connectivity index (χ4v) is 1.99. The third-order valence-corrected chi connectivity index (χ3v) is 2.69. The van der Waals surface area contributed by atoms with E-state index in [-0.39, 0.29) is 0 Å². The number of rotatable bonds is 1. The summed E-state index contributed by atoms with van der Waals surface area (Å²) in [5.74, 6) is 2.58. The van der Waals surface area contributed by atoms with Crippen molar-refractivity contribution in [3.8, 4) is 0 Å². The Labute approximate surface area is 55.4 Å². The molecule has 1 saturated heterocycles. The molecule has 0 aromatic carbocycles. The highest BCUT2D eigenvalue weighted by atomic mass is 16.5. The monoisotopic (exact) mass is 127 g/mol. The van der Waals surface area contributed by atoms with Gasteiger partial charge in [-0.05, 0) is 30.7 Å². The third kappa shape index (κ3) is 0.775. The minimum atomic E-state index is 0.812. The first-order valence-corrected chi connectivity index (χ1v) is 3.71. The van der Waals surface area contributed by atoms with Crippen LogP contribution in [0.2, 0.25) is 0 Å². The molecule has 0 radical (unpaired) electrons. The van der Waals surface area contributed by atoms with Gasteiger partial charge in [0.2, 0.25) is 0 Å². The summed E-state index contributed by atoms with van der Waals surface area (Å²) in [6.07, 6.45) is 1.26. The van der Waals surface area contributed by atoms with E-state index in [1.807, 2.05) is 0 Å². The Morgan fingerprint density at radius 2 is 2.33 bits per heavy atom. The third-order valence-electron chi connectivity index (χ3n) is 2.69. The SMILES string of the molecule is NC[C@@H]1[C@@H]2CCOC[C@H]12. The zero-order valence-corrected chi connectivity index (χ0v) is 5.55. The molecule has 0 aromatic rings. The van der Waals surface area contributed by atoms with Gasteiger partial charge in [0.1, 0.15) is 0 Å². The quantitative estimate of drug-likeness (QED) is 0.547. The molecule has 2 aliphatic rings. The highest BCUT2D eigenvalue weighted by Gasteiger charge is 2.50. The van der Waals surface area contributed by atoms with Crippen LogP contribution in [0.4, 0.5) is 0 Å². The van der Waals surface area contributed by atoms with E-state index in [1.54, 1.807) is 0 Å². The molecule has 2 nitrogen and oxygen atoms in total. The summed E-state index contributed by atoms with van der Waals surface area (Å²) in [6, 6.07) is 0. The molecule has 2 fully saturated rings. The van der Waals surface area contributed by atoms with Gasteiger partial charge in [0, 0.05) is 13.2 Å². The molecule has 0 spiro atoms. The van der Waals surface area contributed by atoms with Crippen LogP contribution in [-0.2, 0) is 4.74 Å². The number of hydrogen-bond acceptors (Lipinski definition) is 2. The molecule has 2 N–H and O–H groups in total. The fourth-order valence-electron chi connectivity index (χ4n) is 1.99. The van der Waals surface area contributed by atoms with Crippen molar-refractivity contribution in [1.82, 2.24) is 0 Å². The van der Waals surface area contributed by atoms with Crippen molar-refractivity contribution in [2.24, 2.45) is 23.5 Å². The van der Waals surface area contributed by atoms with Gasteiger partial charge in [0.15, 0.2) is 0 Å². The maximum absolute atomic E-state index is 5.54. The van der Waals surface area contributed by atoms with Gasteiger partial charge >= 0.3 is 0 Å². The Morgan fingerprint density at radius 3 is 2.89 bits per heavy atom. The summed E-state index contributed by atoms with van der Waals surface area (Å²) >= 11 is 0. The van der Waals surface area contributed by atoms with Crippen LogP contribution in [0.5, 0.6) is 0 Å². The fraction of sp³-hybridized carbons (Fsp3) is 1.00. The summed E-state index contributed by atoms with van der Waals surface area (Å²) in [5.41, 5.74) is 5.54. The Bertz CT molecular complexity index is 96.7. The minimum Gasteiger partial charge on any atom is -0.381 e. The second-order valence-electron chi connectivity index (χ2n) is 3.09. The lowest BCUT2D eigenvalue weighted by Gasteiger charge is -2.07. The number of hydrogen-bond donors (Lipinski definition) is 1. The van der Waals surface area contributed by atoms with E-state index in [0.29, 0.717) is 0 Å². The minimum absolute atomic E-state index is 0.812. The van der Waals surface area contributed by atoms with Gasteiger partial charge in [-0.1, -0.05) is 0 Å². The first kappa shape index (κ1) is 5.69. The van der Waals surface area contributed by atoms with Crippen LogP contribution < -0.4 is 5.73 Å². The van der Waals surface area contributed by atoms with Crippen LogP contribution in [0, 0.1) is 17.8 Å². The highest BCUT2D eigenvalue weighted by molar-refractivity contribution is 4.98. The molecule has 3 atom stereocenters. The van der Waals surface area contributed by atoms with E-state index >= 15 is 0 Å². The number of nitrogens with two attached hydrogens (primary N) is 1. The molecule has 52 valence electrons. The molecule has 0 amide bonds. The predicted octanol–water partition coefficient (Wildman–Crippen LogP) is 0.228. The summed E-state index contributed by atoms with van der Waals surface area (Å²) in [6.45, 7) is 2.82. The van der Waals surface area contributed by atoms with Crippen LogP contribution in [-0.4, -0.2) is 19.8 Å². The average molecular weight is 127 g/mol. The Morgan fingerprint density at radius 1 is 1.44 bits per heavy atom. The summed E-state index contributed by atoms with van der Waals surface area (Å²) in [4.78, 5) is 0. The first-order chi connectivity index (χ1) is 4.43. The van der Waals surface area contributed by atoms with Crippen LogP contribution >= 0.6 is 0 Å². The van der Waals surface area contributed by atoms with Gasteiger partial charge in [-0.15, -0.1) is 0 Å². The largest absolute Gasteiger partial charge is 0.381 e. The molecule has 9 heavy (non-hydrogen) atoms. The van der Waals surface area contributed by atoms with Gasteiger partial charge in [0.05, 0.1) is 0 Å². The van der Waals surface area contributed by atoms with Crippen LogP contribution in [0.3, 0.4) is 0 Å². The standard InChI is InChI=1S/C7H13NO/c8-3-6-5-1-2-9-4-7(5)6/h5-7H,1-4,8H2/t5-,6+,7-/m0/s1. The molecular weight excluding hydrogens is 114 g/mol. The molecule has 0 aromatic heterocycles. The highest BCUT2D eigenvalue weighted by Crippen LogP contribution is 2.49. The average Bonchev–Trinajstić information content (AvgIpc) is 2.60. The normalized spacial score (nSPS) is 48.3. The van der Waals surface area contributed by atoms with Crippen LogP contribution in [0.15, 0.2) is 0 Å². The lowest BCUT2D eigenvalue weighted by Crippen LogP contribution is -2.07. The zero-order valence-electron chi connectivity index (χ0n) is 5.55. The van der Waals surface area contributed by atoms with Crippen molar-refractivity contribution >= 4 is 0 Å². The second kappa shape index (κ2) is 1.96. The molecule has 1 aliphatic heterocycles. The lowest BCUT2D eigenvalue weighted by molar-refractivity contribution is 0.0885. The van der Waals surface area contributed by atoms with E-state index in [1.165, 1.54) is 6.42 Å². The van der Waals surface area contributed by atoms with Crippen molar-refractivity contribution in [1.29, 1.82) is 0 Å². The van der Waals surface area contributed by atoms with E-state index < -0.39 is 0 Å². The molecular formula is C7H13NO. The molecule has 2 rings (SSSR count). The Hall–Kier alpha value is -0.0800. The molecule has 1 aliphatic carbocycles. The topological polar surface area (TPSA) is 35.2 Å². The maximum Gasteiger partial charge on any atom is 0.0500 e. The first-order valence-electron chi connectivity index (χ1n) is 3.71. The van der Waals surface area contributed by atoms with Crippen molar-refractivity contribution in [2.45, 2.75) is 6.42 Å². The van der Waals surface area contributed by atoms with Crippen LogP contribution in [0.1, 0.15) is 6.42 Å². The van der Waals surface area contributed by atoms with Gasteiger partial charge in [0.25, 0.3) is 0 Å². The van der Waals surface area contributed by atoms with Gasteiger partial charge < -0.3 is 10.5 Å². The molecule has 0 unspecified atom stereocenters. The summed E-state index contributed by atoms with van der Waals surface area (Å²) in [7, 11) is 0. The summed E-state index contributed by atoms with van der Waals surface area (Å²) < 4.78 is 5.30. The second-order valence-corrected chi connectivity index (χ2v) is 3.09. The van der Waals surface area contributed by atoms with E-state index in [0.717, 1.165) is 37.5 Å². The summed E-state index contributed by atoms with van der Waals surface area (Å²) in [5, 5.41) is 0. The van der Waals surface area contributed by atoms with E-state index in [4.69, 9.17) is 10.5 Å².